The van der Waals surface area contributed by atoms with Crippen molar-refractivity contribution in [2.24, 2.45) is 5.73 Å². The summed E-state index contributed by atoms with van der Waals surface area (Å²) in [5.41, 5.74) is 6.72. The highest BCUT2D eigenvalue weighted by Gasteiger charge is 2.53. The molecule has 3 amide bonds. The van der Waals surface area contributed by atoms with Crippen molar-refractivity contribution < 1.29 is 14.0 Å². The summed E-state index contributed by atoms with van der Waals surface area (Å²) in [5, 5.41) is 7.57. The van der Waals surface area contributed by atoms with E-state index in [0.717, 1.165) is 12.8 Å². The van der Waals surface area contributed by atoms with Crippen molar-refractivity contribution in [3.8, 4) is 11.3 Å². The second-order valence-corrected chi connectivity index (χ2v) is 9.22. The average molecular weight is 420 g/mol. The molecule has 1 aromatic carbocycles. The number of hydrogen-bond donors (Lipinski definition) is 2. The van der Waals surface area contributed by atoms with Crippen LogP contribution in [-0.4, -0.2) is 37.7 Å². The molecule has 2 heterocycles. The summed E-state index contributed by atoms with van der Waals surface area (Å²) in [6.07, 6.45) is 1.69. The summed E-state index contributed by atoms with van der Waals surface area (Å²) >= 11 is 5.97. The molecule has 0 bridgehead atoms. The van der Waals surface area contributed by atoms with E-state index >= 15 is 0 Å². The number of nitrogens with one attached hydrogen (secondary N) is 1. The molecule has 0 unspecified atom stereocenters. The minimum absolute atomic E-state index is 0.0481. The van der Waals surface area contributed by atoms with E-state index in [2.05, 4.69) is 10.4 Å². The minimum atomic E-state index is -0.545. The zero-order valence-corrected chi connectivity index (χ0v) is 17.3. The molecule has 3 N–H and O–H groups in total. The van der Waals surface area contributed by atoms with Gasteiger partial charge in [-0.15, -0.1) is 0 Å². The fourth-order valence-corrected chi connectivity index (χ4v) is 4.02. The maximum Gasteiger partial charge on any atom is 0.315 e. The minimum Gasteiger partial charge on any atom is -0.351 e. The predicted molar refractivity (Wildman–Crippen MR) is 107 cm³/mol. The van der Waals surface area contributed by atoms with Gasteiger partial charge in [-0.25, -0.2) is 9.18 Å². The van der Waals surface area contributed by atoms with Crippen molar-refractivity contribution in [2.75, 3.05) is 0 Å². The largest absolute Gasteiger partial charge is 0.351 e. The number of fused-ring (bicyclic) bond motifs is 1. The Morgan fingerprint density at radius 1 is 1.31 bits per heavy atom. The number of nitrogens with zero attached hydrogens (tertiary/aromatic N) is 3. The Bertz CT molecular complexity index is 1020. The molecule has 9 heteroatoms. The Balaban J connectivity index is 1.86. The molecule has 2 aromatic rings. The van der Waals surface area contributed by atoms with Gasteiger partial charge in [-0.1, -0.05) is 11.6 Å². The SMILES string of the molecule is CC(C)(C)NC(=O)c1c(-c2ccc(F)c(Cl)c2)nn2c1CN(C(N)=O)C1(CC1)C2. The van der Waals surface area contributed by atoms with Gasteiger partial charge < -0.3 is 16.0 Å². The highest BCUT2D eigenvalue weighted by Crippen LogP contribution is 2.47. The van der Waals surface area contributed by atoms with Gasteiger partial charge in [0.2, 0.25) is 0 Å². The number of benzene rings is 1. The standard InChI is InChI=1S/C20H23ClFN5O2/c1-19(2,3)24-17(28)15-14-9-26(18(23)29)20(6-7-20)10-27(14)25-16(15)11-4-5-13(22)12(21)8-11/h4-5,8H,6-7,9-10H2,1-3H3,(H2,23,29)(H,24,28). The first kappa shape index (κ1) is 19.7. The molecule has 1 fully saturated rings. The van der Waals surface area contributed by atoms with Crippen LogP contribution in [0.15, 0.2) is 18.2 Å². The number of hydrogen-bond acceptors (Lipinski definition) is 3. The number of amides is 3. The number of carbonyl (C=O) groups is 2. The molecule has 154 valence electrons. The van der Waals surface area contributed by atoms with Gasteiger partial charge in [-0.2, -0.15) is 5.10 Å². The van der Waals surface area contributed by atoms with E-state index in [-0.39, 0.29) is 23.0 Å². The van der Waals surface area contributed by atoms with Gasteiger partial charge in [0.15, 0.2) is 0 Å². The molecule has 7 nitrogen and oxygen atoms in total. The number of nitrogens with two attached hydrogens (primary N) is 1. The topological polar surface area (TPSA) is 93.2 Å². The Morgan fingerprint density at radius 2 is 2.00 bits per heavy atom. The smallest absolute Gasteiger partial charge is 0.315 e. The van der Waals surface area contributed by atoms with Gasteiger partial charge in [0.05, 0.1) is 34.9 Å². The quantitative estimate of drug-likeness (QED) is 0.782. The molecule has 1 spiro atoms. The molecule has 0 radical (unpaired) electrons. The van der Waals surface area contributed by atoms with E-state index in [4.69, 9.17) is 17.3 Å². The first-order valence-corrected chi connectivity index (χ1v) is 9.83. The van der Waals surface area contributed by atoms with Crippen LogP contribution in [0, 0.1) is 5.82 Å². The van der Waals surface area contributed by atoms with Gasteiger partial charge in [0, 0.05) is 11.1 Å². The fourth-order valence-electron chi connectivity index (χ4n) is 3.84. The molecule has 29 heavy (non-hydrogen) atoms. The molecule has 1 aliphatic carbocycles. The molecular formula is C20H23ClFN5O2. The summed E-state index contributed by atoms with van der Waals surface area (Å²) in [7, 11) is 0. The number of primary amides is 1. The van der Waals surface area contributed by atoms with Crippen LogP contribution in [-0.2, 0) is 13.1 Å². The molecule has 1 aromatic heterocycles. The number of carbonyl (C=O) groups excluding carboxylic acids is 2. The van der Waals surface area contributed by atoms with Crippen molar-refractivity contribution in [2.45, 2.75) is 57.8 Å². The van der Waals surface area contributed by atoms with Crippen molar-refractivity contribution in [3.05, 3.63) is 40.3 Å². The predicted octanol–water partition coefficient (Wildman–Crippen LogP) is 3.30. The third kappa shape index (κ3) is 3.46. The molecule has 1 saturated carbocycles. The Kier molecular flexibility index (Phi) is 4.38. The normalized spacial score (nSPS) is 17.2. The maximum atomic E-state index is 13.7. The van der Waals surface area contributed by atoms with E-state index in [9.17, 15) is 14.0 Å². The van der Waals surface area contributed by atoms with Crippen molar-refractivity contribution in [3.63, 3.8) is 0 Å². The molecule has 1 aliphatic heterocycles. The number of aromatic nitrogens is 2. The third-order valence-corrected chi connectivity index (χ3v) is 5.67. The van der Waals surface area contributed by atoms with E-state index in [1.165, 1.54) is 12.1 Å². The van der Waals surface area contributed by atoms with Crippen molar-refractivity contribution in [1.29, 1.82) is 0 Å². The van der Waals surface area contributed by atoms with Crippen LogP contribution in [0.5, 0.6) is 0 Å². The molecular weight excluding hydrogens is 397 g/mol. The summed E-state index contributed by atoms with van der Waals surface area (Å²) < 4.78 is 15.5. The van der Waals surface area contributed by atoms with Gasteiger partial charge in [0.25, 0.3) is 5.91 Å². The zero-order valence-electron chi connectivity index (χ0n) is 16.6. The van der Waals surface area contributed by atoms with Crippen LogP contribution < -0.4 is 11.1 Å². The summed E-state index contributed by atoms with van der Waals surface area (Å²) in [5.74, 6) is -0.859. The van der Waals surface area contributed by atoms with Crippen LogP contribution >= 0.6 is 11.6 Å². The average Bonchev–Trinajstić information content (AvgIpc) is 3.25. The van der Waals surface area contributed by atoms with Gasteiger partial charge in [0.1, 0.15) is 11.5 Å². The molecule has 4 rings (SSSR count). The fraction of sp³-hybridized carbons (Fsp3) is 0.450. The Hall–Kier alpha value is -2.61. The monoisotopic (exact) mass is 419 g/mol. The van der Waals surface area contributed by atoms with E-state index in [0.29, 0.717) is 29.1 Å². The third-order valence-electron chi connectivity index (χ3n) is 5.38. The van der Waals surface area contributed by atoms with Crippen molar-refractivity contribution >= 4 is 23.5 Å². The number of rotatable bonds is 2. The first-order valence-electron chi connectivity index (χ1n) is 9.45. The Labute approximate surface area is 173 Å². The van der Waals surface area contributed by atoms with Gasteiger partial charge in [-0.05, 0) is 51.8 Å². The molecule has 0 saturated heterocycles. The van der Waals surface area contributed by atoms with Crippen molar-refractivity contribution in [1.82, 2.24) is 20.0 Å². The van der Waals surface area contributed by atoms with Crippen LogP contribution in [0.25, 0.3) is 11.3 Å². The lowest BCUT2D eigenvalue weighted by Crippen LogP contribution is -2.51. The number of urea groups is 1. The highest BCUT2D eigenvalue weighted by atomic mass is 35.5. The lowest BCUT2D eigenvalue weighted by molar-refractivity contribution is 0.0912. The summed E-state index contributed by atoms with van der Waals surface area (Å²) in [6, 6.07) is 3.74. The highest BCUT2D eigenvalue weighted by molar-refractivity contribution is 6.31. The summed E-state index contributed by atoms with van der Waals surface area (Å²) in [6.45, 7) is 6.30. The first-order chi connectivity index (χ1) is 13.5. The van der Waals surface area contributed by atoms with E-state index in [1.807, 2.05) is 20.8 Å². The van der Waals surface area contributed by atoms with Crippen LogP contribution in [0.1, 0.15) is 49.7 Å². The Morgan fingerprint density at radius 3 is 2.55 bits per heavy atom. The number of halogens is 2. The van der Waals surface area contributed by atoms with Crippen LogP contribution in [0.3, 0.4) is 0 Å². The van der Waals surface area contributed by atoms with Crippen LogP contribution in [0.2, 0.25) is 5.02 Å². The zero-order chi connectivity index (χ0) is 21.1. The van der Waals surface area contributed by atoms with E-state index < -0.39 is 17.4 Å². The lowest BCUT2D eigenvalue weighted by Gasteiger charge is -2.35. The summed E-state index contributed by atoms with van der Waals surface area (Å²) in [4.78, 5) is 26.9. The second-order valence-electron chi connectivity index (χ2n) is 8.81. The van der Waals surface area contributed by atoms with Gasteiger partial charge >= 0.3 is 6.03 Å². The van der Waals surface area contributed by atoms with Crippen LogP contribution in [0.4, 0.5) is 9.18 Å². The molecule has 0 atom stereocenters. The van der Waals surface area contributed by atoms with Gasteiger partial charge in [-0.3, -0.25) is 9.48 Å². The second kappa shape index (κ2) is 6.45. The maximum absolute atomic E-state index is 13.7. The lowest BCUT2D eigenvalue weighted by atomic mass is 10.0. The van der Waals surface area contributed by atoms with E-state index in [1.54, 1.807) is 15.6 Å². The molecule has 2 aliphatic rings.